The van der Waals surface area contributed by atoms with Crippen molar-refractivity contribution < 1.29 is 17.9 Å². The fourth-order valence-corrected chi connectivity index (χ4v) is 2.71. The smallest absolute Gasteiger partial charge is 0.240 e. The lowest BCUT2D eigenvalue weighted by molar-refractivity contribution is -0.120. The SMILES string of the molecule is CNS(=O)(=O)c1cccc(NC(=O)C2COCC2N)c1. The quantitative estimate of drug-likeness (QED) is 0.694. The molecule has 0 spiro atoms. The lowest BCUT2D eigenvalue weighted by Gasteiger charge is -2.14. The Kier molecular flexibility index (Phi) is 4.39. The van der Waals surface area contributed by atoms with Crippen molar-refractivity contribution in [3.8, 4) is 0 Å². The van der Waals surface area contributed by atoms with Gasteiger partial charge in [0.1, 0.15) is 0 Å². The molecule has 1 saturated heterocycles. The number of rotatable bonds is 4. The number of carbonyl (C=O) groups is 1. The zero-order valence-corrected chi connectivity index (χ0v) is 11.8. The van der Waals surface area contributed by atoms with Crippen molar-refractivity contribution in [1.82, 2.24) is 4.72 Å². The molecule has 1 aromatic rings. The second-order valence-corrected chi connectivity index (χ2v) is 6.42. The van der Waals surface area contributed by atoms with Gasteiger partial charge in [-0.2, -0.15) is 0 Å². The molecule has 0 aromatic heterocycles. The summed E-state index contributed by atoms with van der Waals surface area (Å²) in [4.78, 5) is 12.1. The van der Waals surface area contributed by atoms with Gasteiger partial charge in [0.25, 0.3) is 0 Å². The summed E-state index contributed by atoms with van der Waals surface area (Å²) in [6.45, 7) is 0.633. The van der Waals surface area contributed by atoms with Gasteiger partial charge in [0.2, 0.25) is 15.9 Å². The number of hydrogen-bond donors (Lipinski definition) is 3. The van der Waals surface area contributed by atoms with E-state index in [0.29, 0.717) is 12.3 Å². The molecule has 1 aliphatic heterocycles. The Labute approximate surface area is 117 Å². The molecule has 0 radical (unpaired) electrons. The van der Waals surface area contributed by atoms with Crippen LogP contribution < -0.4 is 15.8 Å². The number of amides is 1. The first-order valence-electron chi connectivity index (χ1n) is 6.12. The van der Waals surface area contributed by atoms with Gasteiger partial charge in [-0.15, -0.1) is 0 Å². The van der Waals surface area contributed by atoms with Gasteiger partial charge in [0.15, 0.2) is 0 Å². The van der Waals surface area contributed by atoms with Crippen LogP contribution >= 0.6 is 0 Å². The molecule has 1 amide bonds. The van der Waals surface area contributed by atoms with Crippen LogP contribution in [0.15, 0.2) is 29.2 Å². The first kappa shape index (κ1) is 14.9. The molecule has 2 unspecified atom stereocenters. The number of benzene rings is 1. The second kappa shape index (κ2) is 5.88. The normalized spacial score (nSPS) is 22.7. The van der Waals surface area contributed by atoms with Crippen LogP contribution in [0.3, 0.4) is 0 Å². The van der Waals surface area contributed by atoms with Gasteiger partial charge < -0.3 is 15.8 Å². The van der Waals surface area contributed by atoms with Crippen LogP contribution in [-0.2, 0) is 19.6 Å². The number of ether oxygens (including phenoxy) is 1. The minimum Gasteiger partial charge on any atom is -0.379 e. The highest BCUT2D eigenvalue weighted by Crippen LogP contribution is 2.18. The Hall–Kier alpha value is -1.48. The number of nitrogens with one attached hydrogen (secondary N) is 2. The van der Waals surface area contributed by atoms with E-state index >= 15 is 0 Å². The Balaban J connectivity index is 2.14. The molecule has 1 aromatic carbocycles. The topological polar surface area (TPSA) is 111 Å². The van der Waals surface area contributed by atoms with Crippen LogP contribution in [0, 0.1) is 5.92 Å². The van der Waals surface area contributed by atoms with Crippen molar-refractivity contribution in [1.29, 1.82) is 0 Å². The summed E-state index contributed by atoms with van der Waals surface area (Å²) in [7, 11) is -2.21. The zero-order valence-electron chi connectivity index (χ0n) is 11.0. The van der Waals surface area contributed by atoms with E-state index in [9.17, 15) is 13.2 Å². The number of sulfonamides is 1. The maximum absolute atomic E-state index is 12.0. The summed E-state index contributed by atoms with van der Waals surface area (Å²) < 4.78 is 30.7. The molecule has 4 N–H and O–H groups in total. The predicted molar refractivity (Wildman–Crippen MR) is 73.6 cm³/mol. The van der Waals surface area contributed by atoms with Crippen molar-refractivity contribution in [2.45, 2.75) is 10.9 Å². The van der Waals surface area contributed by atoms with Crippen LogP contribution in [0.25, 0.3) is 0 Å². The lowest BCUT2D eigenvalue weighted by atomic mass is 10.0. The number of carbonyl (C=O) groups excluding carboxylic acids is 1. The van der Waals surface area contributed by atoms with Gasteiger partial charge in [0.05, 0.1) is 24.0 Å². The molecule has 0 aliphatic carbocycles. The molecule has 0 saturated carbocycles. The van der Waals surface area contributed by atoms with Gasteiger partial charge in [-0.05, 0) is 25.2 Å². The van der Waals surface area contributed by atoms with E-state index in [2.05, 4.69) is 10.0 Å². The first-order chi connectivity index (χ1) is 9.44. The van der Waals surface area contributed by atoms with E-state index in [-0.39, 0.29) is 23.5 Å². The molecule has 1 fully saturated rings. The maximum atomic E-state index is 12.0. The second-order valence-electron chi connectivity index (χ2n) is 4.53. The highest BCUT2D eigenvalue weighted by atomic mass is 32.2. The van der Waals surface area contributed by atoms with Crippen LogP contribution in [0.4, 0.5) is 5.69 Å². The van der Waals surface area contributed by atoms with Crippen molar-refractivity contribution in [3.05, 3.63) is 24.3 Å². The third-order valence-electron chi connectivity index (χ3n) is 3.14. The molecule has 1 aliphatic rings. The van der Waals surface area contributed by atoms with Crippen LogP contribution in [-0.4, -0.2) is 40.6 Å². The first-order valence-corrected chi connectivity index (χ1v) is 7.60. The van der Waals surface area contributed by atoms with Crippen molar-refractivity contribution >= 4 is 21.6 Å². The zero-order chi connectivity index (χ0) is 14.8. The van der Waals surface area contributed by atoms with Gasteiger partial charge in [-0.25, -0.2) is 13.1 Å². The average Bonchev–Trinajstić information content (AvgIpc) is 2.85. The Bertz CT molecular complexity index is 602. The van der Waals surface area contributed by atoms with Gasteiger partial charge in [0, 0.05) is 11.7 Å². The van der Waals surface area contributed by atoms with Crippen molar-refractivity contribution in [2.24, 2.45) is 11.7 Å². The van der Waals surface area contributed by atoms with E-state index in [1.807, 2.05) is 0 Å². The Morgan fingerprint density at radius 2 is 2.15 bits per heavy atom. The van der Waals surface area contributed by atoms with Crippen LogP contribution in [0.5, 0.6) is 0 Å². The molecule has 20 heavy (non-hydrogen) atoms. The summed E-state index contributed by atoms with van der Waals surface area (Å²) in [6.07, 6.45) is 0. The average molecular weight is 299 g/mol. The standard InChI is InChI=1S/C12H17N3O4S/c1-14-20(17,18)9-4-2-3-8(5-9)15-12(16)10-6-19-7-11(10)13/h2-5,10-11,14H,6-7,13H2,1H3,(H,15,16). The molecule has 2 rings (SSSR count). The highest BCUT2D eigenvalue weighted by molar-refractivity contribution is 7.89. The summed E-state index contributed by atoms with van der Waals surface area (Å²) in [5.41, 5.74) is 6.17. The number of nitrogens with two attached hydrogens (primary N) is 1. The predicted octanol–water partition coefficient (Wildman–Crippen LogP) is -0.493. The van der Waals surface area contributed by atoms with E-state index < -0.39 is 15.9 Å². The molecule has 0 bridgehead atoms. The summed E-state index contributed by atoms with van der Waals surface area (Å²) in [5.74, 6) is -0.687. The van der Waals surface area contributed by atoms with Gasteiger partial charge in [-0.3, -0.25) is 4.79 Å². The largest absolute Gasteiger partial charge is 0.379 e. The summed E-state index contributed by atoms with van der Waals surface area (Å²) >= 11 is 0. The molecule has 7 nitrogen and oxygen atoms in total. The monoisotopic (exact) mass is 299 g/mol. The Morgan fingerprint density at radius 1 is 1.40 bits per heavy atom. The minimum atomic E-state index is -3.54. The molecule has 1 heterocycles. The third-order valence-corrected chi connectivity index (χ3v) is 4.55. The molecule has 8 heteroatoms. The van der Waals surface area contributed by atoms with E-state index in [1.54, 1.807) is 12.1 Å². The highest BCUT2D eigenvalue weighted by Gasteiger charge is 2.31. The van der Waals surface area contributed by atoms with E-state index in [1.165, 1.54) is 19.2 Å². The fraction of sp³-hybridized carbons (Fsp3) is 0.417. The van der Waals surface area contributed by atoms with E-state index in [0.717, 1.165) is 0 Å². The minimum absolute atomic E-state index is 0.0878. The van der Waals surface area contributed by atoms with Crippen LogP contribution in [0.1, 0.15) is 0 Å². The Morgan fingerprint density at radius 3 is 2.75 bits per heavy atom. The molecule has 2 atom stereocenters. The fourth-order valence-electron chi connectivity index (χ4n) is 1.93. The maximum Gasteiger partial charge on any atom is 0.240 e. The van der Waals surface area contributed by atoms with Crippen molar-refractivity contribution in [3.63, 3.8) is 0 Å². The molecular formula is C12H17N3O4S. The van der Waals surface area contributed by atoms with Gasteiger partial charge >= 0.3 is 0 Å². The third kappa shape index (κ3) is 3.15. The number of hydrogen-bond acceptors (Lipinski definition) is 5. The van der Waals surface area contributed by atoms with E-state index in [4.69, 9.17) is 10.5 Å². The number of anilines is 1. The van der Waals surface area contributed by atoms with Gasteiger partial charge in [-0.1, -0.05) is 6.07 Å². The molecule has 110 valence electrons. The summed E-state index contributed by atoms with van der Waals surface area (Å²) in [5, 5.41) is 2.66. The lowest BCUT2D eigenvalue weighted by Crippen LogP contribution is -2.37. The van der Waals surface area contributed by atoms with Crippen molar-refractivity contribution in [2.75, 3.05) is 25.6 Å². The molecular weight excluding hydrogens is 282 g/mol. The summed E-state index contributed by atoms with van der Waals surface area (Å²) in [6, 6.07) is 5.69. The van der Waals surface area contributed by atoms with Crippen LogP contribution in [0.2, 0.25) is 0 Å².